The number of sulfone groups is 1. The van der Waals surface area contributed by atoms with Gasteiger partial charge >= 0.3 is 18.0 Å². The van der Waals surface area contributed by atoms with E-state index in [9.17, 15) is 58.2 Å². The molecule has 3 aliphatic rings. The van der Waals surface area contributed by atoms with Gasteiger partial charge < -0.3 is 14.9 Å². The van der Waals surface area contributed by atoms with Crippen molar-refractivity contribution in [1.29, 1.82) is 0 Å². The zero-order chi connectivity index (χ0) is 35.1. The zero-order valence-electron chi connectivity index (χ0n) is 24.8. The molecule has 5 rings (SSSR count). The number of β-amino-alcohol motifs (C(OH)–C–C–N with tert-alkyl or cyclic N) is 1. The van der Waals surface area contributed by atoms with Crippen LogP contribution < -0.4 is 0 Å². The molecule has 2 aromatic carbocycles. The fourth-order valence-corrected chi connectivity index (χ4v) is 9.47. The fraction of sp³-hybridized carbons (Fsp3) is 0.533. The lowest BCUT2D eigenvalue weighted by Gasteiger charge is -2.44. The van der Waals surface area contributed by atoms with Crippen LogP contribution in [0.1, 0.15) is 49.8 Å². The molecule has 1 N–H and O–H groups in total. The zero-order valence-corrected chi connectivity index (χ0v) is 25.6. The number of aliphatic hydroxyl groups is 1. The van der Waals surface area contributed by atoms with Gasteiger partial charge in [0.2, 0.25) is 5.91 Å². The second-order valence-electron chi connectivity index (χ2n) is 12.7. The summed E-state index contributed by atoms with van der Waals surface area (Å²) in [7, 11) is -4.74. The van der Waals surface area contributed by atoms with Crippen LogP contribution in [0, 0.1) is 5.82 Å². The summed E-state index contributed by atoms with van der Waals surface area (Å²) in [5.74, 6) is -2.76. The van der Waals surface area contributed by atoms with Gasteiger partial charge in [0.1, 0.15) is 16.6 Å². The first-order chi connectivity index (χ1) is 21.5. The molecule has 0 unspecified atom stereocenters. The predicted octanol–water partition coefficient (Wildman–Crippen LogP) is 5.04. The van der Waals surface area contributed by atoms with Crippen LogP contribution in [0.5, 0.6) is 0 Å². The Hall–Kier alpha value is -3.34. The molecule has 4 atom stereocenters. The second-order valence-corrected chi connectivity index (χ2v) is 14.9. The molecule has 2 amide bonds. The maximum atomic E-state index is 15.0. The quantitative estimate of drug-likeness (QED) is 0.337. The fourth-order valence-electron chi connectivity index (χ4n) is 7.11. The lowest BCUT2D eigenvalue weighted by Crippen LogP contribution is -2.56. The number of amides is 2. The molecule has 2 saturated heterocycles. The van der Waals surface area contributed by atoms with Gasteiger partial charge in [-0.3, -0.25) is 9.59 Å². The van der Waals surface area contributed by atoms with Crippen molar-refractivity contribution in [3.8, 4) is 0 Å². The van der Waals surface area contributed by atoms with E-state index in [1.807, 2.05) is 0 Å². The van der Waals surface area contributed by atoms with Crippen molar-refractivity contribution < 1.29 is 62.6 Å². The smallest absolute Gasteiger partial charge is 0.389 e. The Balaban J connectivity index is 1.66. The Kier molecular flexibility index (Phi) is 8.26. The largest absolute Gasteiger partial charge is 0.435 e. The average molecular weight is 701 g/mol. The van der Waals surface area contributed by atoms with Crippen molar-refractivity contribution in [2.75, 3.05) is 13.1 Å². The molecule has 0 spiro atoms. The van der Waals surface area contributed by atoms with Crippen molar-refractivity contribution in [3.05, 3.63) is 65.0 Å². The van der Waals surface area contributed by atoms with E-state index in [1.165, 1.54) is 13.8 Å². The van der Waals surface area contributed by atoms with Gasteiger partial charge in [-0.05, 0) is 68.5 Å². The molecular weight excluding hydrogens is 671 g/mol. The van der Waals surface area contributed by atoms with E-state index in [0.717, 1.165) is 34.1 Å². The third-order valence-corrected chi connectivity index (χ3v) is 11.7. The van der Waals surface area contributed by atoms with Gasteiger partial charge in [0.15, 0.2) is 16.0 Å². The number of alkyl halides is 8. The lowest BCUT2D eigenvalue weighted by molar-refractivity contribution is -0.348. The standard InChI is InChI=1S/C30H29F9N2O5S/c1-26(2,44)15-41-22(14-21(32)24(41)42)25(43)40-12-11-27(47(45,46)19-7-5-18(31)6-8-19)20-9-4-17(13-16(20)3-10-23(27)40)28(33,29(34,35)36)30(37,38)39/h4-9,13,21-23,44H,3,10-12,14-15H2,1-2H3/t21-,22-,23+,27+/m0/s1. The summed E-state index contributed by atoms with van der Waals surface area (Å²) < 4.78 is 152. The lowest BCUT2D eigenvalue weighted by atomic mass is 9.76. The summed E-state index contributed by atoms with van der Waals surface area (Å²) in [5, 5.41) is 10.3. The summed E-state index contributed by atoms with van der Waals surface area (Å²) in [5.41, 5.74) is -9.76. The maximum Gasteiger partial charge on any atom is 0.435 e. The van der Waals surface area contributed by atoms with Crippen LogP contribution in [0.4, 0.5) is 39.5 Å². The SMILES string of the molecule is CC(C)(O)CN1C(=O)[C@@H](F)C[C@H]1C(=O)N1CC[C@@]2(S(=O)(=O)c3ccc(F)cc3)c3ccc(C(F)(C(F)(F)F)C(F)(F)F)cc3CC[C@@H]12. The minimum Gasteiger partial charge on any atom is -0.389 e. The number of hydrogen-bond donors (Lipinski definition) is 1. The maximum absolute atomic E-state index is 15.0. The van der Waals surface area contributed by atoms with Crippen molar-refractivity contribution in [2.45, 2.75) is 91.1 Å². The van der Waals surface area contributed by atoms with E-state index in [1.54, 1.807) is 0 Å². The molecule has 2 aromatic rings. The van der Waals surface area contributed by atoms with Crippen LogP contribution in [0.25, 0.3) is 0 Å². The molecule has 0 radical (unpaired) electrons. The molecule has 1 aliphatic carbocycles. The van der Waals surface area contributed by atoms with E-state index in [2.05, 4.69) is 0 Å². The Morgan fingerprint density at radius 1 is 1.00 bits per heavy atom. The normalized spacial score (nSPS) is 25.6. The first kappa shape index (κ1) is 35.0. The van der Waals surface area contributed by atoms with Crippen molar-refractivity contribution in [1.82, 2.24) is 9.80 Å². The van der Waals surface area contributed by atoms with E-state index in [-0.39, 0.29) is 36.6 Å². The van der Waals surface area contributed by atoms with E-state index < -0.39 is 104 Å². The minimum absolute atomic E-state index is 0.211. The molecule has 2 fully saturated rings. The molecule has 0 aromatic heterocycles. The van der Waals surface area contributed by atoms with Crippen LogP contribution in [0.2, 0.25) is 0 Å². The highest BCUT2D eigenvalue weighted by Crippen LogP contribution is 2.57. The van der Waals surface area contributed by atoms with Crippen LogP contribution >= 0.6 is 0 Å². The molecule has 0 bridgehead atoms. The molecule has 2 heterocycles. The molecule has 7 nitrogen and oxygen atoms in total. The topological polar surface area (TPSA) is 95.0 Å². The van der Waals surface area contributed by atoms with Crippen LogP contribution in [-0.4, -0.2) is 84.4 Å². The van der Waals surface area contributed by atoms with Gasteiger partial charge in [-0.25, -0.2) is 21.6 Å². The van der Waals surface area contributed by atoms with Gasteiger partial charge in [-0.15, -0.1) is 0 Å². The van der Waals surface area contributed by atoms with Gasteiger partial charge in [-0.2, -0.15) is 26.3 Å². The van der Waals surface area contributed by atoms with Crippen LogP contribution in [0.15, 0.2) is 47.4 Å². The monoisotopic (exact) mass is 700 g/mol. The average Bonchev–Trinajstić information content (AvgIpc) is 3.49. The molecule has 47 heavy (non-hydrogen) atoms. The number of halogens is 9. The van der Waals surface area contributed by atoms with E-state index in [4.69, 9.17) is 0 Å². The van der Waals surface area contributed by atoms with Crippen LogP contribution in [-0.2, 0) is 36.3 Å². The number of rotatable bonds is 6. The van der Waals surface area contributed by atoms with Gasteiger partial charge in [-0.1, -0.05) is 18.2 Å². The Bertz CT molecular complexity index is 1670. The van der Waals surface area contributed by atoms with Crippen molar-refractivity contribution in [2.24, 2.45) is 0 Å². The van der Waals surface area contributed by atoms with Crippen molar-refractivity contribution >= 4 is 21.7 Å². The van der Waals surface area contributed by atoms with E-state index >= 15 is 4.39 Å². The minimum atomic E-state index is -6.42. The Morgan fingerprint density at radius 3 is 2.15 bits per heavy atom. The summed E-state index contributed by atoms with van der Waals surface area (Å²) in [6.07, 6.45) is -16.7. The number of benzene rings is 2. The third kappa shape index (κ3) is 5.36. The first-order valence-electron chi connectivity index (χ1n) is 14.4. The highest BCUT2D eigenvalue weighted by atomic mass is 32.2. The molecular formula is C30H29F9N2O5S. The molecule has 2 aliphatic heterocycles. The molecule has 0 saturated carbocycles. The first-order valence-corrected chi connectivity index (χ1v) is 15.9. The second kappa shape index (κ2) is 11.1. The summed E-state index contributed by atoms with van der Waals surface area (Å²) in [6.45, 7) is 1.84. The number of likely N-dealkylation sites (tertiary alicyclic amines) is 2. The highest BCUT2D eigenvalue weighted by Gasteiger charge is 2.74. The number of aryl methyl sites for hydroxylation is 1. The molecule has 17 heteroatoms. The van der Waals surface area contributed by atoms with Crippen molar-refractivity contribution in [3.63, 3.8) is 0 Å². The third-order valence-electron chi connectivity index (χ3n) is 9.15. The highest BCUT2D eigenvalue weighted by molar-refractivity contribution is 7.92. The van der Waals surface area contributed by atoms with Gasteiger partial charge in [0.05, 0.1) is 16.5 Å². The Labute approximate surface area is 263 Å². The van der Waals surface area contributed by atoms with Gasteiger partial charge in [0, 0.05) is 25.1 Å². The molecule has 258 valence electrons. The summed E-state index contributed by atoms with van der Waals surface area (Å²) in [6, 6.07) is 1.91. The number of nitrogens with zero attached hydrogens (tertiary/aromatic N) is 2. The number of carbonyl (C=O) groups is 2. The van der Waals surface area contributed by atoms with E-state index in [0.29, 0.717) is 12.1 Å². The summed E-state index contributed by atoms with van der Waals surface area (Å²) >= 11 is 0. The summed E-state index contributed by atoms with van der Waals surface area (Å²) in [4.78, 5) is 28.1. The van der Waals surface area contributed by atoms with Crippen LogP contribution in [0.3, 0.4) is 0 Å². The van der Waals surface area contributed by atoms with Gasteiger partial charge in [0.25, 0.3) is 5.91 Å². The Morgan fingerprint density at radius 2 is 1.60 bits per heavy atom. The number of fused-ring (bicyclic) bond motifs is 3. The number of carbonyl (C=O) groups excluding carboxylic acids is 2. The number of hydrogen-bond acceptors (Lipinski definition) is 5. The predicted molar refractivity (Wildman–Crippen MR) is 146 cm³/mol.